The van der Waals surface area contributed by atoms with Crippen LogP contribution in [0, 0.1) is 0 Å². The van der Waals surface area contributed by atoms with E-state index in [1.165, 1.54) is 18.0 Å². The van der Waals surface area contributed by atoms with Crippen molar-refractivity contribution >= 4 is 40.7 Å². The molecule has 2 aromatic rings. The van der Waals surface area contributed by atoms with Crippen LogP contribution in [-0.4, -0.2) is 35.2 Å². The summed E-state index contributed by atoms with van der Waals surface area (Å²) >= 11 is 5.78. The van der Waals surface area contributed by atoms with Gasteiger partial charge >= 0.3 is 0 Å². The molecule has 134 valence electrons. The average molecular weight is 374 g/mol. The van der Waals surface area contributed by atoms with E-state index in [-0.39, 0.29) is 18.3 Å². The van der Waals surface area contributed by atoms with Gasteiger partial charge < -0.3 is 10.1 Å². The molecule has 1 aromatic carbocycles. The monoisotopic (exact) mass is 373 g/mol. The van der Waals surface area contributed by atoms with Crippen molar-refractivity contribution in [3.63, 3.8) is 0 Å². The van der Waals surface area contributed by atoms with Gasteiger partial charge in [-0.1, -0.05) is 11.6 Å². The van der Waals surface area contributed by atoms with Gasteiger partial charge in [-0.2, -0.15) is 0 Å². The first-order valence-corrected chi connectivity index (χ1v) is 8.27. The lowest BCUT2D eigenvalue weighted by Gasteiger charge is -2.33. The van der Waals surface area contributed by atoms with Crippen LogP contribution in [0.2, 0.25) is 5.02 Å². The summed E-state index contributed by atoms with van der Waals surface area (Å²) in [6.45, 7) is 2.85. The third-order valence-electron chi connectivity index (χ3n) is 3.99. The van der Waals surface area contributed by atoms with Gasteiger partial charge in [-0.15, -0.1) is 0 Å². The molecule has 0 fully saturated rings. The second-order valence-electron chi connectivity index (χ2n) is 5.82. The molecule has 1 N–H and O–H groups in total. The van der Waals surface area contributed by atoms with Crippen LogP contribution in [0.1, 0.15) is 24.2 Å². The van der Waals surface area contributed by atoms with Gasteiger partial charge in [-0.05, 0) is 44.2 Å². The summed E-state index contributed by atoms with van der Waals surface area (Å²) in [7, 11) is 0. The third kappa shape index (κ3) is 3.52. The summed E-state index contributed by atoms with van der Waals surface area (Å²) in [5, 5.41) is 3.09. The molecule has 0 saturated carbocycles. The van der Waals surface area contributed by atoms with Gasteiger partial charge in [0.2, 0.25) is 5.91 Å². The van der Waals surface area contributed by atoms with Crippen LogP contribution < -0.4 is 15.0 Å². The summed E-state index contributed by atoms with van der Waals surface area (Å²) < 4.78 is 5.40. The number of carbonyl (C=O) groups excluding carboxylic acids is 3. The van der Waals surface area contributed by atoms with Crippen molar-refractivity contribution < 1.29 is 19.1 Å². The molecule has 0 saturated heterocycles. The van der Waals surface area contributed by atoms with Crippen LogP contribution in [0.4, 0.5) is 11.5 Å². The maximum Gasteiger partial charge on any atom is 0.265 e. The number of nitrogens with one attached hydrogen (secondary N) is 1. The Kier molecular flexibility index (Phi) is 4.90. The second kappa shape index (κ2) is 7.13. The van der Waals surface area contributed by atoms with E-state index < -0.39 is 11.9 Å². The number of amides is 2. The zero-order valence-corrected chi connectivity index (χ0v) is 14.9. The number of ketones is 1. The highest BCUT2D eigenvalue weighted by atomic mass is 35.5. The van der Waals surface area contributed by atoms with Gasteiger partial charge in [0.1, 0.15) is 17.6 Å². The predicted molar refractivity (Wildman–Crippen MR) is 96.8 cm³/mol. The first-order chi connectivity index (χ1) is 12.4. The highest BCUT2D eigenvalue weighted by Gasteiger charge is 2.33. The van der Waals surface area contributed by atoms with E-state index in [9.17, 15) is 14.4 Å². The van der Waals surface area contributed by atoms with Crippen molar-refractivity contribution in [2.24, 2.45) is 0 Å². The first-order valence-electron chi connectivity index (χ1n) is 7.89. The molecule has 0 bridgehead atoms. The molecule has 2 amide bonds. The first kappa shape index (κ1) is 17.9. The van der Waals surface area contributed by atoms with E-state index in [0.717, 1.165) is 0 Å². The van der Waals surface area contributed by atoms with Crippen molar-refractivity contribution in [1.29, 1.82) is 0 Å². The number of fused-ring (bicyclic) bond motifs is 1. The number of halogens is 1. The van der Waals surface area contributed by atoms with Crippen molar-refractivity contribution in [3.05, 3.63) is 47.1 Å². The molecule has 0 radical (unpaired) electrons. The minimum Gasteiger partial charge on any atom is -0.482 e. The molecule has 0 aliphatic carbocycles. The highest BCUT2D eigenvalue weighted by Crippen LogP contribution is 2.34. The number of hydrogen-bond donors (Lipinski definition) is 1. The Morgan fingerprint density at radius 1 is 1.31 bits per heavy atom. The summed E-state index contributed by atoms with van der Waals surface area (Å²) in [6.07, 6.45) is 1.41. The van der Waals surface area contributed by atoms with Gasteiger partial charge in [0, 0.05) is 11.8 Å². The molecule has 26 heavy (non-hydrogen) atoms. The molecular weight excluding hydrogens is 358 g/mol. The average Bonchev–Trinajstić information content (AvgIpc) is 2.62. The molecular formula is C18H16ClN3O4. The lowest BCUT2D eigenvalue weighted by Crippen LogP contribution is -2.49. The zero-order valence-electron chi connectivity index (χ0n) is 14.2. The SMILES string of the molecule is CC(=O)c1ccc2c(c1)N(C(C)C(=O)Nc1ccc(Cl)cn1)C(=O)CO2. The van der Waals surface area contributed by atoms with E-state index in [1.54, 1.807) is 37.3 Å². The van der Waals surface area contributed by atoms with Crippen molar-refractivity contribution in [3.8, 4) is 5.75 Å². The Hall–Kier alpha value is -2.93. The fraction of sp³-hybridized carbons (Fsp3) is 0.222. The lowest BCUT2D eigenvalue weighted by molar-refractivity contribution is -0.125. The van der Waals surface area contributed by atoms with E-state index in [1.807, 2.05) is 0 Å². The molecule has 2 heterocycles. The number of carbonyl (C=O) groups is 3. The Morgan fingerprint density at radius 3 is 2.73 bits per heavy atom. The quantitative estimate of drug-likeness (QED) is 0.832. The summed E-state index contributed by atoms with van der Waals surface area (Å²) in [4.78, 5) is 42.0. The van der Waals surface area contributed by atoms with Crippen LogP contribution in [0.15, 0.2) is 36.5 Å². The summed E-state index contributed by atoms with van der Waals surface area (Å²) in [5.41, 5.74) is 0.819. The van der Waals surface area contributed by atoms with E-state index in [2.05, 4.69) is 10.3 Å². The minimum absolute atomic E-state index is 0.145. The van der Waals surface area contributed by atoms with E-state index in [4.69, 9.17) is 16.3 Å². The Balaban J connectivity index is 1.88. The Morgan fingerprint density at radius 2 is 2.08 bits per heavy atom. The van der Waals surface area contributed by atoms with E-state index >= 15 is 0 Å². The molecule has 3 rings (SSSR count). The number of hydrogen-bond acceptors (Lipinski definition) is 5. The zero-order chi connectivity index (χ0) is 18.8. The molecule has 1 atom stereocenters. The molecule has 7 nitrogen and oxygen atoms in total. The standard InChI is InChI=1S/C18H16ClN3O4/c1-10(18(25)21-16-6-4-13(19)8-20-16)22-14-7-12(11(2)23)3-5-15(14)26-9-17(22)24/h3-8,10H,9H2,1-2H3,(H,20,21,25). The van der Waals surface area contributed by atoms with Gasteiger partial charge in [-0.25, -0.2) is 4.98 Å². The number of rotatable bonds is 4. The van der Waals surface area contributed by atoms with Gasteiger partial charge in [-0.3, -0.25) is 19.3 Å². The fourth-order valence-electron chi connectivity index (χ4n) is 2.61. The van der Waals surface area contributed by atoms with Crippen molar-refractivity contribution in [2.45, 2.75) is 19.9 Å². The molecule has 0 spiro atoms. The number of Topliss-reactive ketones (excluding diaryl/α,β-unsaturated/α-hetero) is 1. The van der Waals surface area contributed by atoms with Crippen LogP contribution in [-0.2, 0) is 9.59 Å². The largest absolute Gasteiger partial charge is 0.482 e. The van der Waals surface area contributed by atoms with Crippen LogP contribution in [0.5, 0.6) is 5.75 Å². The van der Waals surface area contributed by atoms with Crippen molar-refractivity contribution in [2.75, 3.05) is 16.8 Å². The Labute approximate surface area is 154 Å². The van der Waals surface area contributed by atoms with Gasteiger partial charge in [0.25, 0.3) is 5.91 Å². The van der Waals surface area contributed by atoms with Gasteiger partial charge in [0.05, 0.1) is 10.7 Å². The lowest BCUT2D eigenvalue weighted by atomic mass is 10.1. The van der Waals surface area contributed by atoms with E-state index in [0.29, 0.717) is 27.8 Å². The maximum atomic E-state index is 12.6. The number of pyridine rings is 1. The highest BCUT2D eigenvalue weighted by molar-refractivity contribution is 6.30. The fourth-order valence-corrected chi connectivity index (χ4v) is 2.72. The van der Waals surface area contributed by atoms with Crippen LogP contribution >= 0.6 is 11.6 Å². The molecule has 1 aromatic heterocycles. The summed E-state index contributed by atoms with van der Waals surface area (Å²) in [6, 6.07) is 7.14. The van der Waals surface area contributed by atoms with Crippen LogP contribution in [0.3, 0.4) is 0 Å². The second-order valence-corrected chi connectivity index (χ2v) is 6.25. The smallest absolute Gasteiger partial charge is 0.265 e. The molecule has 8 heteroatoms. The predicted octanol–water partition coefficient (Wildman–Crippen LogP) is 2.69. The van der Waals surface area contributed by atoms with Crippen LogP contribution in [0.25, 0.3) is 0 Å². The summed E-state index contributed by atoms with van der Waals surface area (Å²) in [5.74, 6) is -0.170. The topological polar surface area (TPSA) is 88.6 Å². The maximum absolute atomic E-state index is 12.6. The number of anilines is 2. The Bertz CT molecular complexity index is 883. The van der Waals surface area contributed by atoms with Gasteiger partial charge in [0.15, 0.2) is 12.4 Å². The molecule has 1 aliphatic rings. The molecule has 1 aliphatic heterocycles. The number of benzene rings is 1. The number of nitrogens with zero attached hydrogens (tertiary/aromatic N) is 2. The minimum atomic E-state index is -0.829. The normalized spacial score (nSPS) is 14.3. The third-order valence-corrected chi connectivity index (χ3v) is 4.21. The number of aromatic nitrogens is 1. The van der Waals surface area contributed by atoms with Crippen molar-refractivity contribution in [1.82, 2.24) is 4.98 Å². The number of ether oxygens (including phenoxy) is 1. The molecule has 1 unspecified atom stereocenters.